The predicted molar refractivity (Wildman–Crippen MR) is 79.1 cm³/mol. The molecule has 92 valence electrons. The van der Waals surface area contributed by atoms with E-state index in [1.165, 1.54) is 23.3 Å². The molecule has 0 radical (unpaired) electrons. The van der Waals surface area contributed by atoms with Gasteiger partial charge in [0.1, 0.15) is 17.7 Å². The molecule has 0 fully saturated rings. The van der Waals surface area contributed by atoms with E-state index in [-0.39, 0.29) is 5.57 Å². The van der Waals surface area contributed by atoms with Gasteiger partial charge in [-0.05, 0) is 35.8 Å². The van der Waals surface area contributed by atoms with Crippen LogP contribution in [0.15, 0.2) is 23.9 Å². The summed E-state index contributed by atoms with van der Waals surface area (Å²) in [6.07, 6.45) is 14.1. The zero-order chi connectivity index (χ0) is 15.8. The smallest absolute Gasteiger partial charge is 0.129 e. The molecular weight excluding hydrogens is 258 g/mol. The first kappa shape index (κ1) is 16.6. The summed E-state index contributed by atoms with van der Waals surface area (Å²) in [5, 5.41) is 17.1. The second-order valence-corrected chi connectivity index (χ2v) is 2.78. The van der Waals surface area contributed by atoms with Crippen LogP contribution < -0.4 is 0 Å². The highest BCUT2D eigenvalue weighted by molar-refractivity contribution is 5.39. The van der Waals surface area contributed by atoms with Crippen molar-refractivity contribution in [3.8, 4) is 84.4 Å². The summed E-state index contributed by atoms with van der Waals surface area (Å²) in [6.45, 7) is 0. The van der Waals surface area contributed by atoms with Gasteiger partial charge in [-0.25, -0.2) is 4.90 Å². The van der Waals surface area contributed by atoms with Gasteiger partial charge in [0.2, 0.25) is 0 Å². The van der Waals surface area contributed by atoms with E-state index in [4.69, 9.17) is 23.4 Å². The van der Waals surface area contributed by atoms with E-state index < -0.39 is 0 Å². The van der Waals surface area contributed by atoms with Gasteiger partial charge < -0.3 is 0 Å². The fraction of sp³-hybridized carbons (Fsp3) is 0. The lowest BCUT2D eigenvalue weighted by molar-refractivity contribution is 0.775. The second kappa shape index (κ2) is 12.1. The lowest BCUT2D eigenvalue weighted by Gasteiger charge is -1.98. The zero-order valence-electron chi connectivity index (χ0n) is 10.7. The van der Waals surface area contributed by atoms with E-state index in [0.717, 1.165) is 0 Å². The number of nitrogens with zero attached hydrogens (tertiary/aromatic N) is 3. The van der Waals surface area contributed by atoms with Gasteiger partial charge in [-0.2, -0.15) is 10.5 Å². The van der Waals surface area contributed by atoms with Crippen LogP contribution in [-0.2, 0) is 0 Å². The van der Waals surface area contributed by atoms with E-state index in [2.05, 4.69) is 59.5 Å². The third-order valence-electron chi connectivity index (χ3n) is 1.49. The zero-order valence-corrected chi connectivity index (χ0v) is 10.7. The van der Waals surface area contributed by atoms with Crippen molar-refractivity contribution in [3.05, 3.63) is 23.9 Å². The minimum atomic E-state index is -0.0497. The van der Waals surface area contributed by atoms with Crippen molar-refractivity contribution >= 4 is 0 Å². The molecule has 0 aliphatic carbocycles. The minimum Gasteiger partial charge on any atom is -0.233 e. The summed E-state index contributed by atoms with van der Waals surface area (Å²) < 4.78 is 0. The molecule has 0 atom stereocenters. The fourth-order valence-corrected chi connectivity index (χ4v) is 0.738. The van der Waals surface area contributed by atoms with E-state index in [0.29, 0.717) is 0 Å². The Bertz CT molecular complexity index is 791. The summed E-state index contributed by atoms with van der Waals surface area (Å²) in [5.74, 6) is 18.6. The molecule has 0 aliphatic heterocycles. The Morgan fingerprint density at radius 2 is 1.33 bits per heavy atom. The number of hydrogen-bond donors (Lipinski definition) is 0. The summed E-state index contributed by atoms with van der Waals surface area (Å²) in [5.41, 5.74) is -0.0497. The van der Waals surface area contributed by atoms with Crippen LogP contribution in [0.5, 0.6) is 0 Å². The summed E-state index contributed by atoms with van der Waals surface area (Å²) in [4.78, 5) is 1.25. The maximum absolute atomic E-state index is 8.57. The van der Waals surface area contributed by atoms with Crippen LogP contribution in [0.3, 0.4) is 0 Å². The van der Waals surface area contributed by atoms with Gasteiger partial charge in [0, 0.05) is 42.0 Å². The Labute approximate surface area is 124 Å². The molecule has 0 spiro atoms. The molecule has 0 N–H and O–H groups in total. The van der Waals surface area contributed by atoms with Crippen molar-refractivity contribution < 1.29 is 0 Å². The Hall–Kier alpha value is -4.38. The molecule has 0 rings (SSSR count). The molecule has 3 heteroatoms. The van der Waals surface area contributed by atoms with E-state index in [1.54, 1.807) is 12.1 Å². The van der Waals surface area contributed by atoms with Crippen LogP contribution >= 0.6 is 0 Å². The molecule has 0 heterocycles. The third kappa shape index (κ3) is 9.33. The molecule has 0 bridgehead atoms. The van der Waals surface area contributed by atoms with Crippen LogP contribution in [0.2, 0.25) is 0 Å². The molecule has 21 heavy (non-hydrogen) atoms. The molecule has 0 amide bonds. The normalized spacial score (nSPS) is 6.10. The van der Waals surface area contributed by atoms with E-state index >= 15 is 0 Å². The summed E-state index contributed by atoms with van der Waals surface area (Å²) >= 11 is 0. The third-order valence-corrected chi connectivity index (χ3v) is 1.49. The van der Waals surface area contributed by atoms with Gasteiger partial charge in [-0.15, -0.1) is 12.8 Å². The van der Waals surface area contributed by atoms with Crippen LogP contribution in [0.1, 0.15) is 0 Å². The Morgan fingerprint density at radius 3 is 1.76 bits per heavy atom. The van der Waals surface area contributed by atoms with Crippen molar-refractivity contribution in [1.82, 2.24) is 4.90 Å². The van der Waals surface area contributed by atoms with Crippen LogP contribution in [0.4, 0.5) is 0 Å². The highest BCUT2D eigenvalue weighted by Crippen LogP contribution is 1.92. The van der Waals surface area contributed by atoms with Gasteiger partial charge in [0.15, 0.2) is 0 Å². The van der Waals surface area contributed by atoms with Crippen molar-refractivity contribution in [2.45, 2.75) is 0 Å². The average Bonchev–Trinajstić information content (AvgIpc) is 2.51. The standard InChI is InChI=1S/C18H5N3/c1-3-5-7-9-13-21(14-10-8-6-4-2)15-11-12-18(16-19)17-20/h1-2,11-12,15H/b15-11+. The molecular formula is C18H5N3. The highest BCUT2D eigenvalue weighted by Gasteiger charge is 1.88. The van der Waals surface area contributed by atoms with Crippen molar-refractivity contribution in [2.75, 3.05) is 0 Å². The number of rotatable bonds is 2. The number of nitriles is 2. The SMILES string of the molecule is C#CC#CC#CN(C#CC#CC#C)/C=C/C=C(C#N)C#N. The van der Waals surface area contributed by atoms with E-state index in [1.807, 2.05) is 0 Å². The summed E-state index contributed by atoms with van der Waals surface area (Å²) in [6, 6.07) is 8.59. The number of hydrogen-bond acceptors (Lipinski definition) is 3. The van der Waals surface area contributed by atoms with E-state index in [9.17, 15) is 0 Å². The molecule has 0 aromatic heterocycles. The lowest BCUT2D eigenvalue weighted by Crippen LogP contribution is -2.00. The quantitative estimate of drug-likeness (QED) is 0.323. The molecule has 0 aromatic rings. The first-order chi connectivity index (χ1) is 10.3. The highest BCUT2D eigenvalue weighted by atomic mass is 15.0. The van der Waals surface area contributed by atoms with Crippen molar-refractivity contribution in [2.24, 2.45) is 0 Å². The van der Waals surface area contributed by atoms with Crippen molar-refractivity contribution in [3.63, 3.8) is 0 Å². The molecule has 0 unspecified atom stereocenters. The Morgan fingerprint density at radius 1 is 0.810 bits per heavy atom. The van der Waals surface area contributed by atoms with Crippen LogP contribution in [-0.4, -0.2) is 4.90 Å². The first-order valence-electron chi connectivity index (χ1n) is 5.19. The maximum atomic E-state index is 8.57. The Balaban J connectivity index is 5.24. The average molecular weight is 263 g/mol. The number of terminal acetylenes is 2. The topological polar surface area (TPSA) is 50.8 Å². The monoisotopic (exact) mass is 263 g/mol. The van der Waals surface area contributed by atoms with Gasteiger partial charge >= 0.3 is 0 Å². The minimum absolute atomic E-state index is 0.0497. The molecule has 0 saturated carbocycles. The predicted octanol–water partition coefficient (Wildman–Crippen LogP) is 0.971. The van der Waals surface area contributed by atoms with Crippen LogP contribution in [0, 0.1) is 95.0 Å². The van der Waals surface area contributed by atoms with Crippen molar-refractivity contribution in [1.29, 1.82) is 10.5 Å². The van der Waals surface area contributed by atoms with Gasteiger partial charge in [0.25, 0.3) is 0 Å². The maximum Gasteiger partial charge on any atom is 0.129 e. The molecule has 0 aromatic carbocycles. The Kier molecular flexibility index (Phi) is 9.57. The van der Waals surface area contributed by atoms with Gasteiger partial charge in [-0.3, -0.25) is 0 Å². The van der Waals surface area contributed by atoms with Gasteiger partial charge in [0.05, 0.1) is 0 Å². The van der Waals surface area contributed by atoms with Crippen LogP contribution in [0.25, 0.3) is 0 Å². The van der Waals surface area contributed by atoms with Gasteiger partial charge in [-0.1, -0.05) is 0 Å². The molecule has 0 aliphatic rings. The molecule has 0 saturated heterocycles. The molecule has 3 nitrogen and oxygen atoms in total. The summed E-state index contributed by atoms with van der Waals surface area (Å²) in [7, 11) is 0. The fourth-order valence-electron chi connectivity index (χ4n) is 0.738. The lowest BCUT2D eigenvalue weighted by atomic mass is 10.3. The largest absolute Gasteiger partial charge is 0.233 e. The first-order valence-corrected chi connectivity index (χ1v) is 5.19. The second-order valence-electron chi connectivity index (χ2n) is 2.78. The number of allylic oxidation sites excluding steroid dienone is 3.